The average Bonchev–Trinajstić information content (AvgIpc) is 2.41. The molecule has 1 aromatic carbocycles. The van der Waals surface area contributed by atoms with E-state index in [2.05, 4.69) is 15.6 Å². The number of anilines is 1. The van der Waals surface area contributed by atoms with E-state index in [-0.39, 0.29) is 15.6 Å². The molecule has 8 heteroatoms. The van der Waals surface area contributed by atoms with Gasteiger partial charge in [-0.3, -0.25) is 15.1 Å². The van der Waals surface area contributed by atoms with E-state index < -0.39 is 11.9 Å². The van der Waals surface area contributed by atoms with Gasteiger partial charge in [0.1, 0.15) is 0 Å². The van der Waals surface area contributed by atoms with Crippen molar-refractivity contribution < 1.29 is 9.59 Å². The number of rotatable bonds is 2. The summed E-state index contributed by atoms with van der Waals surface area (Å²) in [5, 5.41) is 5.00. The molecule has 0 atom stereocenters. The number of para-hydroxylation sites is 1. The molecule has 3 amide bonds. The molecule has 0 bridgehead atoms. The number of nitrogens with one attached hydrogen (secondary N) is 2. The van der Waals surface area contributed by atoms with Crippen molar-refractivity contribution in [3.63, 3.8) is 0 Å². The van der Waals surface area contributed by atoms with Crippen molar-refractivity contribution >= 4 is 52.4 Å². The monoisotopic (exact) mass is 343 g/mol. The molecule has 2 aromatic rings. The summed E-state index contributed by atoms with van der Waals surface area (Å²) < 4.78 is 0. The molecule has 108 valence electrons. The molecule has 1 aromatic heterocycles. The Morgan fingerprint density at radius 3 is 2.19 bits per heavy atom. The molecule has 0 aliphatic heterocycles. The summed E-state index contributed by atoms with van der Waals surface area (Å²) in [6.45, 7) is 0. The largest absolute Gasteiger partial charge is 0.326 e. The van der Waals surface area contributed by atoms with Gasteiger partial charge >= 0.3 is 6.03 Å². The first-order chi connectivity index (χ1) is 9.99. The number of amides is 3. The molecule has 5 nitrogen and oxygen atoms in total. The first-order valence-electron chi connectivity index (χ1n) is 5.65. The number of imide groups is 1. The fourth-order valence-corrected chi connectivity index (χ4v) is 2.23. The third kappa shape index (κ3) is 3.85. The third-order valence-corrected chi connectivity index (χ3v) is 3.33. The number of hydrogen-bond donors (Lipinski definition) is 2. The molecule has 0 aliphatic rings. The fraction of sp³-hybridized carbons (Fsp3) is 0. The molecule has 0 saturated heterocycles. The Hall–Kier alpha value is -1.82. The SMILES string of the molecule is O=C(NC(=O)c1c(Cl)cncc1Cl)Nc1ccccc1Cl. The average molecular weight is 345 g/mol. The summed E-state index contributed by atoms with van der Waals surface area (Å²) in [6, 6.07) is 5.86. The van der Waals surface area contributed by atoms with Gasteiger partial charge in [0.05, 0.1) is 26.3 Å². The van der Waals surface area contributed by atoms with Crippen molar-refractivity contribution in [3.05, 3.63) is 57.3 Å². The van der Waals surface area contributed by atoms with E-state index in [1.165, 1.54) is 12.4 Å². The molecular weight excluding hydrogens is 337 g/mol. The summed E-state index contributed by atoms with van der Waals surface area (Å²) in [4.78, 5) is 27.5. The van der Waals surface area contributed by atoms with Crippen LogP contribution < -0.4 is 10.6 Å². The van der Waals surface area contributed by atoms with Crippen molar-refractivity contribution in [1.82, 2.24) is 10.3 Å². The second kappa shape index (κ2) is 6.76. The van der Waals surface area contributed by atoms with Gasteiger partial charge in [-0.15, -0.1) is 0 Å². The smallest absolute Gasteiger partial charge is 0.306 e. The molecular formula is C13H8Cl3N3O2. The predicted octanol–water partition coefficient (Wildman–Crippen LogP) is 4.00. The number of benzene rings is 1. The van der Waals surface area contributed by atoms with E-state index in [1.54, 1.807) is 24.3 Å². The standard InChI is InChI=1S/C13H8Cl3N3O2/c14-7-3-1-2-4-10(7)18-13(21)19-12(20)11-8(15)5-17-6-9(11)16/h1-6H,(H2,18,19,20,21). The topological polar surface area (TPSA) is 71.1 Å². The normalized spacial score (nSPS) is 10.0. The van der Waals surface area contributed by atoms with E-state index >= 15 is 0 Å². The Bertz CT molecular complexity index is 687. The lowest BCUT2D eigenvalue weighted by molar-refractivity contribution is 0.0967. The minimum Gasteiger partial charge on any atom is -0.306 e. The molecule has 0 radical (unpaired) electrons. The molecule has 2 N–H and O–H groups in total. The van der Waals surface area contributed by atoms with Crippen LogP contribution in [0.2, 0.25) is 15.1 Å². The zero-order valence-corrected chi connectivity index (χ0v) is 12.6. The summed E-state index contributed by atoms with van der Waals surface area (Å²) in [5.74, 6) is -0.739. The number of carbonyl (C=O) groups is 2. The maximum Gasteiger partial charge on any atom is 0.326 e. The van der Waals surface area contributed by atoms with Crippen molar-refractivity contribution in [1.29, 1.82) is 0 Å². The van der Waals surface area contributed by atoms with Crippen LogP contribution in [-0.2, 0) is 0 Å². The molecule has 0 fully saturated rings. The molecule has 0 unspecified atom stereocenters. The summed E-state index contributed by atoms with van der Waals surface area (Å²) in [6.07, 6.45) is 2.52. The van der Waals surface area contributed by atoms with E-state index in [4.69, 9.17) is 34.8 Å². The fourth-order valence-electron chi connectivity index (χ4n) is 1.51. The van der Waals surface area contributed by atoms with Gasteiger partial charge in [-0.25, -0.2) is 4.79 Å². The van der Waals surface area contributed by atoms with Crippen molar-refractivity contribution in [2.24, 2.45) is 0 Å². The van der Waals surface area contributed by atoms with Crippen molar-refractivity contribution in [2.75, 3.05) is 5.32 Å². The Balaban J connectivity index is 2.10. The van der Waals surface area contributed by atoms with Gasteiger partial charge in [0.25, 0.3) is 5.91 Å². The second-order valence-corrected chi connectivity index (χ2v) is 5.09. The molecule has 0 saturated carbocycles. The number of hydrogen-bond acceptors (Lipinski definition) is 3. The van der Waals surface area contributed by atoms with Gasteiger partial charge in [-0.1, -0.05) is 46.9 Å². The van der Waals surface area contributed by atoms with Crippen molar-refractivity contribution in [2.45, 2.75) is 0 Å². The maximum absolute atomic E-state index is 12.0. The Kier molecular flexibility index (Phi) is 5.01. The van der Waals surface area contributed by atoms with Gasteiger partial charge in [-0.05, 0) is 12.1 Å². The zero-order valence-electron chi connectivity index (χ0n) is 10.4. The number of halogens is 3. The van der Waals surface area contributed by atoms with Gasteiger partial charge in [0, 0.05) is 12.4 Å². The van der Waals surface area contributed by atoms with Crippen LogP contribution in [0.25, 0.3) is 0 Å². The van der Waals surface area contributed by atoms with Crippen LogP contribution in [0.3, 0.4) is 0 Å². The Labute approximate surface area is 135 Å². The Morgan fingerprint density at radius 2 is 1.57 bits per heavy atom. The number of urea groups is 1. The van der Waals surface area contributed by atoms with E-state index in [9.17, 15) is 9.59 Å². The number of nitrogens with zero attached hydrogens (tertiary/aromatic N) is 1. The highest BCUT2D eigenvalue weighted by Crippen LogP contribution is 2.23. The highest BCUT2D eigenvalue weighted by Gasteiger charge is 2.17. The first-order valence-corrected chi connectivity index (χ1v) is 6.78. The maximum atomic E-state index is 12.0. The van der Waals surface area contributed by atoms with Gasteiger partial charge < -0.3 is 5.32 Å². The minimum absolute atomic E-state index is 0.0253. The highest BCUT2D eigenvalue weighted by molar-refractivity contribution is 6.40. The van der Waals surface area contributed by atoms with E-state index in [0.29, 0.717) is 10.7 Å². The van der Waals surface area contributed by atoms with Crippen LogP contribution in [0.15, 0.2) is 36.7 Å². The quantitative estimate of drug-likeness (QED) is 0.865. The third-order valence-electron chi connectivity index (χ3n) is 2.43. The Morgan fingerprint density at radius 1 is 0.952 bits per heavy atom. The lowest BCUT2D eigenvalue weighted by Crippen LogP contribution is -2.34. The second-order valence-electron chi connectivity index (χ2n) is 3.87. The highest BCUT2D eigenvalue weighted by atomic mass is 35.5. The molecule has 0 aliphatic carbocycles. The summed E-state index contributed by atoms with van der Waals surface area (Å²) >= 11 is 17.6. The molecule has 21 heavy (non-hydrogen) atoms. The predicted molar refractivity (Wildman–Crippen MR) is 82.2 cm³/mol. The minimum atomic E-state index is -0.753. The zero-order chi connectivity index (χ0) is 15.4. The summed E-state index contributed by atoms with van der Waals surface area (Å²) in [5.41, 5.74) is 0.346. The van der Waals surface area contributed by atoms with Crippen LogP contribution in [-0.4, -0.2) is 16.9 Å². The van der Waals surface area contributed by atoms with E-state index in [0.717, 1.165) is 0 Å². The lowest BCUT2D eigenvalue weighted by atomic mass is 10.2. The van der Waals surface area contributed by atoms with E-state index in [1.807, 2.05) is 0 Å². The number of aromatic nitrogens is 1. The number of pyridine rings is 1. The van der Waals surface area contributed by atoms with Gasteiger partial charge in [-0.2, -0.15) is 0 Å². The first kappa shape index (κ1) is 15.6. The van der Waals surface area contributed by atoms with Crippen LogP contribution in [0.4, 0.5) is 10.5 Å². The van der Waals surface area contributed by atoms with Gasteiger partial charge in [0.15, 0.2) is 0 Å². The summed E-state index contributed by atoms with van der Waals surface area (Å²) in [7, 11) is 0. The van der Waals surface area contributed by atoms with Crippen LogP contribution in [0.1, 0.15) is 10.4 Å². The number of carbonyl (C=O) groups excluding carboxylic acids is 2. The molecule has 1 heterocycles. The van der Waals surface area contributed by atoms with Crippen LogP contribution in [0, 0.1) is 0 Å². The molecule has 2 rings (SSSR count). The van der Waals surface area contributed by atoms with Crippen LogP contribution >= 0.6 is 34.8 Å². The van der Waals surface area contributed by atoms with Crippen LogP contribution in [0.5, 0.6) is 0 Å². The lowest BCUT2D eigenvalue weighted by Gasteiger charge is -2.09. The van der Waals surface area contributed by atoms with Gasteiger partial charge in [0.2, 0.25) is 0 Å². The molecule has 0 spiro atoms. The van der Waals surface area contributed by atoms with Crippen molar-refractivity contribution in [3.8, 4) is 0 Å².